The van der Waals surface area contributed by atoms with Crippen LogP contribution in [0, 0.1) is 0 Å². The number of hydrogen-bond donors (Lipinski definition) is 1. The monoisotopic (exact) mass is 552 g/mol. The average molecular weight is 553 g/mol. The first-order valence-corrected chi connectivity index (χ1v) is 14.1. The van der Waals surface area contributed by atoms with E-state index in [0.717, 1.165) is 64.5 Å². The number of fused-ring (bicyclic) bond motifs is 2. The number of nitrogens with zero attached hydrogens (tertiary/aromatic N) is 3. The van der Waals surface area contributed by atoms with Crippen LogP contribution in [0.5, 0.6) is 0 Å². The van der Waals surface area contributed by atoms with Crippen LogP contribution in [-0.4, -0.2) is 64.2 Å². The van der Waals surface area contributed by atoms with E-state index >= 15 is 0 Å². The molecule has 39 heavy (non-hydrogen) atoms. The molecule has 1 fully saturated rings. The normalized spacial score (nSPS) is 17.5. The van der Waals surface area contributed by atoms with Gasteiger partial charge in [0.1, 0.15) is 23.0 Å². The molecular formula is C30H37ClN4O4. The van der Waals surface area contributed by atoms with Crippen molar-refractivity contribution in [3.63, 3.8) is 0 Å². The molecule has 1 atom stereocenters. The lowest BCUT2D eigenvalue weighted by Gasteiger charge is -2.34. The molecule has 1 aromatic carbocycles. The Morgan fingerprint density at radius 1 is 1.18 bits per heavy atom. The summed E-state index contributed by atoms with van der Waals surface area (Å²) in [6.07, 6.45) is 4.84. The molecule has 0 bridgehead atoms. The number of amides is 2. The molecule has 2 amide bonds. The third kappa shape index (κ3) is 5.50. The Morgan fingerprint density at radius 2 is 1.97 bits per heavy atom. The quantitative estimate of drug-likeness (QED) is 0.416. The fraction of sp³-hybridized carbons (Fsp3) is 0.500. The molecule has 1 N–H and O–H groups in total. The topological polar surface area (TPSA) is 87.8 Å². The number of hydrogen-bond acceptors (Lipinski definition) is 5. The van der Waals surface area contributed by atoms with Crippen LogP contribution in [-0.2, 0) is 33.7 Å². The Balaban J connectivity index is 1.60. The second-order valence-corrected chi connectivity index (χ2v) is 11.8. The Bertz CT molecular complexity index is 1410. The minimum absolute atomic E-state index is 0.0281. The first kappa shape index (κ1) is 27.5. The molecule has 9 heteroatoms. The summed E-state index contributed by atoms with van der Waals surface area (Å²) in [4.78, 5) is 37.5. The lowest BCUT2D eigenvalue weighted by molar-refractivity contribution is -0.136. The molecule has 2 aromatic heterocycles. The van der Waals surface area contributed by atoms with Crippen LogP contribution in [0.1, 0.15) is 68.8 Å². The molecule has 0 aliphatic carbocycles. The van der Waals surface area contributed by atoms with E-state index in [1.165, 1.54) is 12.7 Å². The van der Waals surface area contributed by atoms with E-state index in [9.17, 15) is 9.59 Å². The van der Waals surface area contributed by atoms with Crippen molar-refractivity contribution in [1.82, 2.24) is 19.8 Å². The van der Waals surface area contributed by atoms with E-state index in [1.54, 1.807) is 0 Å². The molecule has 0 unspecified atom stereocenters. The van der Waals surface area contributed by atoms with E-state index in [0.29, 0.717) is 24.8 Å². The van der Waals surface area contributed by atoms with Gasteiger partial charge in [0.25, 0.3) is 0 Å². The number of aromatic amines is 1. The van der Waals surface area contributed by atoms with E-state index in [1.807, 2.05) is 36.8 Å². The van der Waals surface area contributed by atoms with Crippen molar-refractivity contribution in [2.24, 2.45) is 0 Å². The van der Waals surface area contributed by atoms with Crippen molar-refractivity contribution in [3.05, 3.63) is 51.8 Å². The number of rotatable bonds is 5. The largest absolute Gasteiger partial charge is 0.444 e. The molecule has 208 valence electrons. The van der Waals surface area contributed by atoms with Crippen molar-refractivity contribution in [1.29, 1.82) is 0 Å². The predicted octanol–water partition coefficient (Wildman–Crippen LogP) is 6.05. The lowest BCUT2D eigenvalue weighted by Crippen LogP contribution is -2.40. The Morgan fingerprint density at radius 3 is 2.69 bits per heavy atom. The molecule has 3 aromatic rings. The number of carbonyl (C=O) groups excluding carboxylic acids is 2. The van der Waals surface area contributed by atoms with Gasteiger partial charge in [-0.15, -0.1) is 0 Å². The molecule has 0 spiro atoms. The van der Waals surface area contributed by atoms with Crippen molar-refractivity contribution >= 4 is 34.6 Å². The number of likely N-dealkylation sites (tertiary alicyclic amines) is 1. The van der Waals surface area contributed by atoms with Crippen molar-refractivity contribution in [2.45, 2.75) is 71.6 Å². The number of nitrogens with one attached hydrogen (secondary N) is 1. The SMILES string of the molecule is CCc1c(Cl)[nH]c2ncc(-c3cc4c(c([C@@H]5CCCN5C(=O)OC(C)(C)C)c3)CN(C(=O)COC)CC4)cc12. The minimum atomic E-state index is -0.579. The summed E-state index contributed by atoms with van der Waals surface area (Å²) in [5, 5.41) is 1.65. The van der Waals surface area contributed by atoms with E-state index < -0.39 is 5.60 Å². The second-order valence-electron chi connectivity index (χ2n) is 11.4. The molecule has 2 aliphatic heterocycles. The fourth-order valence-corrected chi connectivity index (χ4v) is 6.14. The highest BCUT2D eigenvalue weighted by Crippen LogP contribution is 2.40. The predicted molar refractivity (Wildman–Crippen MR) is 152 cm³/mol. The number of benzene rings is 1. The first-order valence-electron chi connectivity index (χ1n) is 13.7. The number of aryl methyl sites for hydroxylation is 1. The van der Waals surface area contributed by atoms with Crippen molar-refractivity contribution in [3.8, 4) is 11.1 Å². The molecule has 1 saturated heterocycles. The smallest absolute Gasteiger partial charge is 0.410 e. The summed E-state index contributed by atoms with van der Waals surface area (Å²) in [5.41, 5.74) is 6.68. The van der Waals surface area contributed by atoms with Gasteiger partial charge in [0.15, 0.2) is 0 Å². The van der Waals surface area contributed by atoms with Crippen LogP contribution in [0.2, 0.25) is 5.15 Å². The number of methoxy groups -OCH3 is 1. The van der Waals surface area contributed by atoms with Gasteiger partial charge in [0.05, 0.1) is 6.04 Å². The zero-order valence-corrected chi connectivity index (χ0v) is 24.2. The maximum Gasteiger partial charge on any atom is 0.410 e. The third-order valence-corrected chi connectivity index (χ3v) is 7.95. The van der Waals surface area contributed by atoms with Crippen LogP contribution in [0.4, 0.5) is 4.79 Å². The van der Waals surface area contributed by atoms with Crippen molar-refractivity contribution in [2.75, 3.05) is 26.8 Å². The highest BCUT2D eigenvalue weighted by molar-refractivity contribution is 6.31. The van der Waals surface area contributed by atoms with Crippen LogP contribution in [0.3, 0.4) is 0 Å². The van der Waals surface area contributed by atoms with Crippen LogP contribution >= 0.6 is 11.6 Å². The zero-order chi connectivity index (χ0) is 27.9. The van der Waals surface area contributed by atoms with Gasteiger partial charge in [-0.2, -0.15) is 0 Å². The van der Waals surface area contributed by atoms with Gasteiger partial charge in [0, 0.05) is 43.9 Å². The Labute approximate surface area is 234 Å². The van der Waals surface area contributed by atoms with Crippen LogP contribution in [0.25, 0.3) is 22.2 Å². The lowest BCUT2D eigenvalue weighted by atomic mass is 9.86. The molecule has 0 saturated carbocycles. The highest BCUT2D eigenvalue weighted by atomic mass is 35.5. The minimum Gasteiger partial charge on any atom is -0.444 e. The molecule has 8 nitrogen and oxygen atoms in total. The number of ether oxygens (including phenoxy) is 2. The number of pyridine rings is 1. The fourth-order valence-electron chi connectivity index (χ4n) is 5.81. The van der Waals surface area contributed by atoms with Gasteiger partial charge in [-0.05, 0) is 86.4 Å². The molecular weight excluding hydrogens is 516 g/mol. The Kier molecular flexibility index (Phi) is 7.62. The molecule has 0 radical (unpaired) electrons. The summed E-state index contributed by atoms with van der Waals surface area (Å²) in [6, 6.07) is 6.41. The van der Waals surface area contributed by atoms with Gasteiger partial charge in [-0.1, -0.05) is 24.6 Å². The standard InChI is InChI=1S/C30H37ClN4O4/c1-6-21-23-14-20(15-32-28(23)33-27(21)31)19-12-18-9-11-34(26(36)17-38-5)16-24(18)22(13-19)25-8-7-10-35(25)29(37)39-30(2,3)4/h12-15,25H,6-11,16-17H2,1-5H3,(H,32,33)/t25-/m0/s1. The van der Waals surface area contributed by atoms with E-state index in [-0.39, 0.29) is 24.6 Å². The summed E-state index contributed by atoms with van der Waals surface area (Å²) >= 11 is 6.44. The summed E-state index contributed by atoms with van der Waals surface area (Å²) in [7, 11) is 1.54. The van der Waals surface area contributed by atoms with Gasteiger partial charge < -0.3 is 24.3 Å². The number of carbonyl (C=O) groups is 2. The van der Waals surface area contributed by atoms with Gasteiger partial charge >= 0.3 is 6.09 Å². The second kappa shape index (κ2) is 10.8. The van der Waals surface area contributed by atoms with Crippen molar-refractivity contribution < 1.29 is 19.1 Å². The summed E-state index contributed by atoms with van der Waals surface area (Å²) in [6.45, 7) is 9.57. The maximum absolute atomic E-state index is 13.2. The molecule has 2 aliphatic rings. The maximum atomic E-state index is 13.2. The van der Waals surface area contributed by atoms with Crippen LogP contribution in [0.15, 0.2) is 24.4 Å². The highest BCUT2D eigenvalue weighted by Gasteiger charge is 2.36. The average Bonchev–Trinajstić information content (AvgIpc) is 3.50. The third-order valence-electron chi connectivity index (χ3n) is 7.63. The number of halogens is 1. The first-order chi connectivity index (χ1) is 18.6. The zero-order valence-electron chi connectivity index (χ0n) is 23.4. The summed E-state index contributed by atoms with van der Waals surface area (Å²) < 4.78 is 10.9. The Hall–Kier alpha value is -3.10. The number of aromatic nitrogens is 2. The summed E-state index contributed by atoms with van der Waals surface area (Å²) in [5.74, 6) is -0.0281. The van der Waals surface area contributed by atoms with Crippen LogP contribution < -0.4 is 0 Å². The van der Waals surface area contributed by atoms with Gasteiger partial charge in [-0.25, -0.2) is 9.78 Å². The van der Waals surface area contributed by atoms with E-state index in [4.69, 9.17) is 21.1 Å². The van der Waals surface area contributed by atoms with E-state index in [2.05, 4.69) is 35.1 Å². The number of H-pyrrole nitrogens is 1. The molecule has 5 rings (SSSR count). The molecule has 4 heterocycles. The van der Waals surface area contributed by atoms with Gasteiger partial charge in [0.2, 0.25) is 5.91 Å². The van der Waals surface area contributed by atoms with Gasteiger partial charge in [-0.3, -0.25) is 4.79 Å².